The first-order valence-electron chi connectivity index (χ1n) is 15.6. The third-order valence-corrected chi connectivity index (χ3v) is 10.1. The van der Waals surface area contributed by atoms with Gasteiger partial charge in [-0.15, -0.1) is 0 Å². The second-order valence-electron chi connectivity index (χ2n) is 12.3. The molecule has 6 aromatic carbocycles. The molecule has 0 unspecified atom stereocenters. The van der Waals surface area contributed by atoms with Gasteiger partial charge in [0.05, 0.1) is 19.7 Å². The van der Waals surface area contributed by atoms with E-state index in [-0.39, 0.29) is 0 Å². The van der Waals surface area contributed by atoms with Crippen LogP contribution in [0.25, 0.3) is 12.2 Å². The van der Waals surface area contributed by atoms with E-state index in [0.29, 0.717) is 5.56 Å². The third kappa shape index (κ3) is 7.02. The van der Waals surface area contributed by atoms with Crippen LogP contribution in [0.1, 0.15) is 16.7 Å². The van der Waals surface area contributed by atoms with Crippen LogP contribution in [0.4, 0.5) is 34.1 Å². The van der Waals surface area contributed by atoms with Crippen LogP contribution < -0.4 is 15.0 Å². The summed E-state index contributed by atoms with van der Waals surface area (Å²) in [6.07, 6.45) is 4.31. The van der Waals surface area contributed by atoms with Gasteiger partial charge < -0.3 is 9.80 Å². The van der Waals surface area contributed by atoms with E-state index in [9.17, 15) is 5.26 Å². The first-order valence-corrected chi connectivity index (χ1v) is 19.1. The normalized spacial score (nSPS) is 11.3. The Bertz CT molecular complexity index is 1890. The fourth-order valence-electron chi connectivity index (χ4n) is 5.51. The number of nitriles is 1. The number of para-hydroxylation sites is 2. The highest BCUT2D eigenvalue weighted by Crippen LogP contribution is 2.36. The average molecular weight is 612 g/mol. The van der Waals surface area contributed by atoms with Gasteiger partial charge in [0.15, 0.2) is 0 Å². The van der Waals surface area contributed by atoms with Gasteiger partial charge in [-0.25, -0.2) is 0 Å². The molecule has 0 saturated carbocycles. The minimum atomic E-state index is -1.41. The Balaban J connectivity index is 1.24. The topological polar surface area (TPSA) is 30.3 Å². The summed E-state index contributed by atoms with van der Waals surface area (Å²) in [5, 5.41) is 10.8. The van der Waals surface area contributed by atoms with Gasteiger partial charge in [0.2, 0.25) is 0 Å². The predicted molar refractivity (Wildman–Crippen MR) is 199 cm³/mol. The standard InChI is InChI=1S/C42H37N3Si/c1-46(2,3)42-30-28-41(29-31-42)45(40-26-20-35(32-43)21-27-40)39-24-18-34(19-25-39)15-14-33-16-22-38(23-17-33)44(36-10-6-4-7-11-36)37-12-8-5-9-13-37/h4-31H,1-3H3. The van der Waals surface area contributed by atoms with Crippen molar-refractivity contribution in [1.29, 1.82) is 5.26 Å². The molecule has 0 aliphatic heterocycles. The zero-order valence-electron chi connectivity index (χ0n) is 26.5. The summed E-state index contributed by atoms with van der Waals surface area (Å²) in [7, 11) is -1.41. The third-order valence-electron chi connectivity index (χ3n) is 8.05. The molecule has 0 fully saturated rings. The van der Waals surface area contributed by atoms with Crippen molar-refractivity contribution in [2.75, 3.05) is 9.80 Å². The molecule has 0 saturated heterocycles. The van der Waals surface area contributed by atoms with Crippen LogP contribution in [-0.4, -0.2) is 8.07 Å². The quantitative estimate of drug-likeness (QED) is 0.120. The average Bonchev–Trinajstić information content (AvgIpc) is 3.10. The molecule has 0 radical (unpaired) electrons. The molecule has 46 heavy (non-hydrogen) atoms. The molecule has 6 rings (SSSR count). The minimum Gasteiger partial charge on any atom is -0.311 e. The minimum absolute atomic E-state index is 0.652. The lowest BCUT2D eigenvalue weighted by atomic mass is 10.1. The number of hydrogen-bond acceptors (Lipinski definition) is 3. The van der Waals surface area contributed by atoms with E-state index in [2.05, 4.69) is 169 Å². The van der Waals surface area contributed by atoms with E-state index < -0.39 is 8.07 Å². The molecule has 0 N–H and O–H groups in total. The van der Waals surface area contributed by atoms with Gasteiger partial charge in [-0.3, -0.25) is 0 Å². The number of anilines is 6. The van der Waals surface area contributed by atoms with Gasteiger partial charge in [0.25, 0.3) is 0 Å². The van der Waals surface area contributed by atoms with E-state index in [1.54, 1.807) is 0 Å². The smallest absolute Gasteiger partial charge is 0.0991 e. The number of benzene rings is 6. The van der Waals surface area contributed by atoms with Gasteiger partial charge in [0.1, 0.15) is 0 Å². The molecular formula is C42H37N3Si. The second-order valence-corrected chi connectivity index (χ2v) is 17.4. The van der Waals surface area contributed by atoms with Gasteiger partial charge in [-0.05, 0) is 96.1 Å². The summed E-state index contributed by atoms with van der Waals surface area (Å²) < 4.78 is 0. The first-order chi connectivity index (χ1) is 22.4. The molecule has 224 valence electrons. The van der Waals surface area contributed by atoms with E-state index in [1.165, 1.54) is 5.19 Å². The van der Waals surface area contributed by atoms with Crippen molar-refractivity contribution in [3.8, 4) is 6.07 Å². The Labute approximate surface area is 274 Å². The Morgan fingerprint density at radius 3 is 1.11 bits per heavy atom. The Kier molecular flexibility index (Phi) is 8.96. The van der Waals surface area contributed by atoms with Crippen molar-refractivity contribution in [1.82, 2.24) is 0 Å². The highest BCUT2D eigenvalue weighted by Gasteiger charge is 2.18. The lowest BCUT2D eigenvalue weighted by molar-refractivity contribution is 1.28. The maximum atomic E-state index is 9.34. The van der Waals surface area contributed by atoms with E-state index in [4.69, 9.17) is 0 Å². The summed E-state index contributed by atoms with van der Waals surface area (Å²) in [5.74, 6) is 0. The predicted octanol–water partition coefficient (Wildman–Crippen LogP) is 11.2. The summed E-state index contributed by atoms with van der Waals surface area (Å²) in [4.78, 5) is 4.51. The van der Waals surface area contributed by atoms with E-state index in [0.717, 1.165) is 45.3 Å². The van der Waals surface area contributed by atoms with Gasteiger partial charge >= 0.3 is 0 Å². The fraction of sp³-hybridized carbons (Fsp3) is 0.0714. The van der Waals surface area contributed by atoms with Crippen LogP contribution in [0.3, 0.4) is 0 Å². The maximum absolute atomic E-state index is 9.34. The second kappa shape index (κ2) is 13.6. The van der Waals surface area contributed by atoms with Crippen LogP contribution in [-0.2, 0) is 0 Å². The van der Waals surface area contributed by atoms with Crippen molar-refractivity contribution in [3.05, 3.63) is 174 Å². The Morgan fingerprint density at radius 2 is 0.761 bits per heavy atom. The molecular weight excluding hydrogens is 575 g/mol. The first kappa shape index (κ1) is 30.4. The number of nitrogens with zero attached hydrogens (tertiary/aromatic N) is 3. The van der Waals surface area contributed by atoms with Crippen LogP contribution in [0.2, 0.25) is 19.6 Å². The van der Waals surface area contributed by atoms with Crippen molar-refractivity contribution < 1.29 is 0 Å². The highest BCUT2D eigenvalue weighted by molar-refractivity contribution is 6.88. The van der Waals surface area contributed by atoms with Crippen LogP contribution in [0.5, 0.6) is 0 Å². The monoisotopic (exact) mass is 611 g/mol. The lowest BCUT2D eigenvalue weighted by Gasteiger charge is -2.26. The summed E-state index contributed by atoms with van der Waals surface area (Å²) >= 11 is 0. The number of hydrogen-bond donors (Lipinski definition) is 0. The Morgan fingerprint density at radius 1 is 0.435 bits per heavy atom. The van der Waals surface area contributed by atoms with Gasteiger partial charge in [-0.1, -0.05) is 110 Å². The molecule has 4 heteroatoms. The molecule has 0 spiro atoms. The van der Waals surface area contributed by atoms with E-state index in [1.807, 2.05) is 36.4 Å². The summed E-state index contributed by atoms with van der Waals surface area (Å²) in [6, 6.07) is 57.2. The maximum Gasteiger partial charge on any atom is 0.0991 e. The van der Waals surface area contributed by atoms with Crippen molar-refractivity contribution in [3.63, 3.8) is 0 Å². The zero-order chi connectivity index (χ0) is 31.9. The molecule has 0 heterocycles. The van der Waals surface area contributed by atoms with Gasteiger partial charge in [0, 0.05) is 34.1 Å². The van der Waals surface area contributed by atoms with Crippen molar-refractivity contribution >= 4 is 59.5 Å². The van der Waals surface area contributed by atoms with Crippen LogP contribution >= 0.6 is 0 Å². The zero-order valence-corrected chi connectivity index (χ0v) is 27.5. The molecule has 0 aromatic heterocycles. The SMILES string of the molecule is C[Si](C)(C)c1ccc(N(c2ccc(C#N)cc2)c2ccc(C=Cc3ccc(N(c4ccccc4)c4ccccc4)cc3)cc2)cc1. The summed E-state index contributed by atoms with van der Waals surface area (Å²) in [6.45, 7) is 7.10. The molecule has 0 aliphatic rings. The van der Waals surface area contributed by atoms with E-state index >= 15 is 0 Å². The molecule has 3 nitrogen and oxygen atoms in total. The van der Waals surface area contributed by atoms with Gasteiger partial charge in [-0.2, -0.15) is 5.26 Å². The molecule has 0 bridgehead atoms. The van der Waals surface area contributed by atoms with Crippen molar-refractivity contribution in [2.24, 2.45) is 0 Å². The molecule has 6 aromatic rings. The largest absolute Gasteiger partial charge is 0.311 e. The van der Waals surface area contributed by atoms with Crippen LogP contribution in [0, 0.1) is 11.3 Å². The number of rotatable bonds is 9. The lowest BCUT2D eigenvalue weighted by Crippen LogP contribution is -2.37. The highest BCUT2D eigenvalue weighted by atomic mass is 28.3. The Hall–Kier alpha value is -5.63. The van der Waals surface area contributed by atoms with Crippen LogP contribution in [0.15, 0.2) is 158 Å². The molecule has 0 amide bonds. The molecule has 0 atom stereocenters. The fourth-order valence-corrected chi connectivity index (χ4v) is 6.67. The molecule has 0 aliphatic carbocycles. The summed E-state index contributed by atoms with van der Waals surface area (Å²) in [5.41, 5.74) is 9.44. The van der Waals surface area contributed by atoms with Crippen molar-refractivity contribution in [2.45, 2.75) is 19.6 Å².